The third kappa shape index (κ3) is 8.09. The van der Waals surface area contributed by atoms with Crippen LogP contribution in [0.15, 0.2) is 84.9 Å². The Balaban J connectivity index is 1.22. The Morgan fingerprint density at radius 1 is 0.914 bits per heavy atom. The van der Waals surface area contributed by atoms with E-state index in [4.69, 9.17) is 9.47 Å². The Labute approximate surface area is 208 Å². The quantitative estimate of drug-likeness (QED) is 0.376. The summed E-state index contributed by atoms with van der Waals surface area (Å²) < 4.78 is 37.8. The summed E-state index contributed by atoms with van der Waals surface area (Å²) in [5.41, 5.74) is 2.89. The van der Waals surface area contributed by atoms with E-state index in [9.17, 15) is 8.42 Å². The van der Waals surface area contributed by atoms with Gasteiger partial charge in [-0.05, 0) is 42.5 Å². The highest BCUT2D eigenvalue weighted by Gasteiger charge is 2.24. The van der Waals surface area contributed by atoms with Gasteiger partial charge in [-0.3, -0.25) is 4.72 Å². The molecule has 1 aliphatic rings. The van der Waals surface area contributed by atoms with Crippen LogP contribution in [0.5, 0.6) is 5.75 Å². The first kappa shape index (κ1) is 25.2. The summed E-state index contributed by atoms with van der Waals surface area (Å²) in [6.07, 6.45) is 4.25. The van der Waals surface area contributed by atoms with Crippen molar-refractivity contribution in [2.45, 2.75) is 31.5 Å². The molecule has 0 aromatic heterocycles. The molecule has 0 saturated carbocycles. The fourth-order valence-electron chi connectivity index (χ4n) is 4.41. The average Bonchev–Trinajstić information content (AvgIpc) is 2.86. The van der Waals surface area contributed by atoms with Gasteiger partial charge >= 0.3 is 0 Å². The van der Waals surface area contributed by atoms with Crippen molar-refractivity contribution in [3.63, 3.8) is 0 Å². The summed E-state index contributed by atoms with van der Waals surface area (Å²) in [5, 5.41) is 0. The van der Waals surface area contributed by atoms with Gasteiger partial charge < -0.3 is 14.4 Å². The zero-order valence-electron chi connectivity index (χ0n) is 20.2. The molecule has 0 aliphatic carbocycles. The summed E-state index contributed by atoms with van der Waals surface area (Å²) >= 11 is 0. The highest BCUT2D eigenvalue weighted by Crippen LogP contribution is 2.30. The number of likely N-dealkylation sites (tertiary alicyclic amines) is 1. The van der Waals surface area contributed by atoms with Gasteiger partial charge in [-0.25, -0.2) is 8.42 Å². The summed E-state index contributed by atoms with van der Waals surface area (Å²) in [6.45, 7) is 3.57. The topological polar surface area (TPSA) is 67.9 Å². The van der Waals surface area contributed by atoms with Crippen LogP contribution in [0.2, 0.25) is 0 Å². The van der Waals surface area contributed by atoms with Crippen LogP contribution in [0.1, 0.15) is 36.5 Å². The molecule has 1 fully saturated rings. The lowest BCUT2D eigenvalue weighted by molar-refractivity contribution is -0.0273. The molecule has 4 rings (SSSR count). The fraction of sp³-hybridized carbons (Fsp3) is 0.357. The molecule has 1 aliphatic heterocycles. The molecule has 1 N–H and O–H groups in total. The van der Waals surface area contributed by atoms with Crippen molar-refractivity contribution < 1.29 is 17.9 Å². The monoisotopic (exact) mass is 494 g/mol. The minimum absolute atomic E-state index is 0.0460. The molecule has 1 heterocycles. The van der Waals surface area contributed by atoms with Gasteiger partial charge in [0, 0.05) is 25.7 Å². The van der Waals surface area contributed by atoms with E-state index in [1.807, 2.05) is 18.2 Å². The van der Waals surface area contributed by atoms with Crippen molar-refractivity contribution in [2.24, 2.45) is 0 Å². The van der Waals surface area contributed by atoms with Crippen LogP contribution < -0.4 is 9.46 Å². The first-order chi connectivity index (χ1) is 17.0. The van der Waals surface area contributed by atoms with Crippen molar-refractivity contribution in [1.82, 2.24) is 4.90 Å². The largest absolute Gasteiger partial charge is 0.493 e. The van der Waals surface area contributed by atoms with Crippen molar-refractivity contribution in [2.75, 3.05) is 37.2 Å². The summed E-state index contributed by atoms with van der Waals surface area (Å²) in [6, 6.07) is 27.9. The second kappa shape index (κ2) is 12.2. The van der Waals surface area contributed by atoms with Crippen LogP contribution in [0.3, 0.4) is 0 Å². The molecular weight excluding hydrogens is 460 g/mol. The Kier molecular flexibility index (Phi) is 8.79. The second-order valence-corrected chi connectivity index (χ2v) is 10.7. The highest BCUT2D eigenvalue weighted by molar-refractivity contribution is 7.92. The molecule has 3 aromatic carbocycles. The van der Waals surface area contributed by atoms with Crippen molar-refractivity contribution >= 4 is 15.7 Å². The number of hydrogen-bond donors (Lipinski definition) is 1. The standard InChI is InChI=1S/C28H34N2O4S/c1-35(31,32)29-25-14-8-15-27(22-25)33-21-9-18-30-19-16-26(17-20-30)34-28(23-10-4-2-5-11-23)24-12-6-3-7-13-24/h2-8,10-15,22,26,28-29H,9,16-21H2,1H3. The Morgan fingerprint density at radius 3 is 2.14 bits per heavy atom. The number of nitrogens with one attached hydrogen (secondary N) is 1. The van der Waals surface area contributed by atoms with Crippen LogP contribution in [-0.2, 0) is 14.8 Å². The molecule has 35 heavy (non-hydrogen) atoms. The fourth-order valence-corrected chi connectivity index (χ4v) is 4.96. The van der Waals surface area contributed by atoms with E-state index in [0.29, 0.717) is 18.0 Å². The lowest BCUT2D eigenvalue weighted by Crippen LogP contribution is -2.38. The maximum Gasteiger partial charge on any atom is 0.229 e. The first-order valence-corrected chi connectivity index (χ1v) is 14.0. The lowest BCUT2D eigenvalue weighted by Gasteiger charge is -2.34. The number of hydrogen-bond acceptors (Lipinski definition) is 5. The summed E-state index contributed by atoms with van der Waals surface area (Å²) in [5.74, 6) is 0.665. The van der Waals surface area contributed by atoms with Crippen molar-refractivity contribution in [3.8, 4) is 5.75 Å². The summed E-state index contributed by atoms with van der Waals surface area (Å²) in [4.78, 5) is 2.46. The van der Waals surface area contributed by atoms with Crippen molar-refractivity contribution in [1.29, 1.82) is 0 Å². The molecule has 1 saturated heterocycles. The number of piperidine rings is 1. The van der Waals surface area contributed by atoms with E-state index in [2.05, 4.69) is 58.2 Å². The van der Waals surface area contributed by atoms with Gasteiger partial charge in [0.1, 0.15) is 11.9 Å². The molecule has 0 atom stereocenters. The molecule has 0 amide bonds. The minimum atomic E-state index is -3.30. The van der Waals surface area contributed by atoms with Gasteiger partial charge in [0.15, 0.2) is 0 Å². The predicted octanol–water partition coefficient (Wildman–Crippen LogP) is 5.10. The van der Waals surface area contributed by atoms with E-state index in [1.54, 1.807) is 18.2 Å². The molecule has 0 radical (unpaired) electrons. The maximum atomic E-state index is 11.4. The maximum absolute atomic E-state index is 11.4. The molecule has 186 valence electrons. The van der Waals surface area contributed by atoms with E-state index in [1.165, 1.54) is 11.1 Å². The molecule has 3 aromatic rings. The number of ether oxygens (including phenoxy) is 2. The Morgan fingerprint density at radius 2 is 1.54 bits per heavy atom. The zero-order chi connectivity index (χ0) is 24.5. The van der Waals surface area contributed by atoms with E-state index in [0.717, 1.165) is 45.2 Å². The van der Waals surface area contributed by atoms with Gasteiger partial charge in [0.2, 0.25) is 10.0 Å². The van der Waals surface area contributed by atoms with E-state index in [-0.39, 0.29) is 12.2 Å². The van der Waals surface area contributed by atoms with Crippen LogP contribution in [0.25, 0.3) is 0 Å². The molecular formula is C28H34N2O4S. The van der Waals surface area contributed by atoms with Crippen LogP contribution in [0.4, 0.5) is 5.69 Å². The van der Waals surface area contributed by atoms with Gasteiger partial charge in [0.05, 0.1) is 24.7 Å². The van der Waals surface area contributed by atoms with Gasteiger partial charge in [-0.15, -0.1) is 0 Å². The Hall–Kier alpha value is -2.87. The minimum Gasteiger partial charge on any atom is -0.493 e. The second-order valence-electron chi connectivity index (χ2n) is 8.98. The summed E-state index contributed by atoms with van der Waals surface area (Å²) in [7, 11) is -3.30. The van der Waals surface area contributed by atoms with Crippen LogP contribution in [-0.4, -0.2) is 51.9 Å². The Bertz CT molecular complexity index is 1110. The number of nitrogens with zero attached hydrogens (tertiary/aromatic N) is 1. The van der Waals surface area contributed by atoms with Crippen LogP contribution in [0, 0.1) is 0 Å². The number of benzene rings is 3. The van der Waals surface area contributed by atoms with Crippen molar-refractivity contribution in [3.05, 3.63) is 96.1 Å². The SMILES string of the molecule is CS(=O)(=O)Nc1cccc(OCCCN2CCC(OC(c3ccccc3)c3ccccc3)CC2)c1. The molecule has 0 spiro atoms. The van der Waals surface area contributed by atoms with E-state index >= 15 is 0 Å². The average molecular weight is 495 g/mol. The number of anilines is 1. The number of rotatable bonds is 11. The number of sulfonamides is 1. The third-order valence-electron chi connectivity index (χ3n) is 6.09. The molecule has 0 bridgehead atoms. The zero-order valence-corrected chi connectivity index (χ0v) is 21.0. The van der Waals surface area contributed by atoms with Gasteiger partial charge in [0.25, 0.3) is 0 Å². The van der Waals surface area contributed by atoms with Gasteiger partial charge in [-0.2, -0.15) is 0 Å². The molecule has 0 unspecified atom stereocenters. The van der Waals surface area contributed by atoms with E-state index < -0.39 is 10.0 Å². The third-order valence-corrected chi connectivity index (χ3v) is 6.70. The normalized spacial score (nSPS) is 15.3. The van der Waals surface area contributed by atoms with Crippen LogP contribution >= 0.6 is 0 Å². The molecule has 6 nitrogen and oxygen atoms in total. The molecule has 7 heteroatoms. The smallest absolute Gasteiger partial charge is 0.229 e. The lowest BCUT2D eigenvalue weighted by atomic mass is 10.00. The first-order valence-electron chi connectivity index (χ1n) is 12.1. The highest BCUT2D eigenvalue weighted by atomic mass is 32.2. The predicted molar refractivity (Wildman–Crippen MR) is 140 cm³/mol. The van der Waals surface area contributed by atoms with Gasteiger partial charge in [-0.1, -0.05) is 66.7 Å².